The zero-order chi connectivity index (χ0) is 18.6. The zero-order valence-corrected chi connectivity index (χ0v) is 15.5. The minimum atomic E-state index is -0.0777. The summed E-state index contributed by atoms with van der Waals surface area (Å²) >= 11 is 1.37. The second kappa shape index (κ2) is 7.59. The Kier molecular flexibility index (Phi) is 4.84. The first kappa shape index (κ1) is 17.2. The van der Waals surface area contributed by atoms with Gasteiger partial charge in [0.2, 0.25) is 5.91 Å². The van der Waals surface area contributed by atoms with Gasteiger partial charge in [0.15, 0.2) is 5.65 Å². The molecule has 7 heteroatoms. The van der Waals surface area contributed by atoms with Crippen LogP contribution in [0.2, 0.25) is 0 Å². The van der Waals surface area contributed by atoms with Gasteiger partial charge in [-0.25, -0.2) is 14.6 Å². The summed E-state index contributed by atoms with van der Waals surface area (Å²) in [6.07, 6.45) is 3.24. The van der Waals surface area contributed by atoms with Gasteiger partial charge < -0.3 is 5.32 Å². The van der Waals surface area contributed by atoms with Gasteiger partial charge in [0.1, 0.15) is 11.4 Å². The number of hydrogen-bond donors (Lipinski definition) is 1. The summed E-state index contributed by atoms with van der Waals surface area (Å²) in [5.41, 5.74) is 3.59. The molecule has 1 amide bonds. The average molecular weight is 375 g/mol. The molecule has 0 spiro atoms. The highest BCUT2D eigenvalue weighted by atomic mass is 32.2. The minimum Gasteiger partial charge on any atom is -0.325 e. The molecule has 0 aliphatic heterocycles. The Morgan fingerprint density at radius 1 is 1.07 bits per heavy atom. The van der Waals surface area contributed by atoms with Crippen LogP contribution >= 0.6 is 11.8 Å². The van der Waals surface area contributed by atoms with E-state index in [2.05, 4.69) is 20.4 Å². The van der Waals surface area contributed by atoms with Crippen LogP contribution in [-0.4, -0.2) is 31.4 Å². The van der Waals surface area contributed by atoms with Crippen molar-refractivity contribution in [3.63, 3.8) is 0 Å². The second-order valence-corrected chi connectivity index (χ2v) is 6.97. The molecule has 0 aliphatic rings. The van der Waals surface area contributed by atoms with E-state index in [0.29, 0.717) is 0 Å². The molecule has 0 saturated heterocycles. The van der Waals surface area contributed by atoms with Crippen LogP contribution in [0, 0.1) is 6.92 Å². The van der Waals surface area contributed by atoms with Gasteiger partial charge in [0.25, 0.3) is 0 Å². The minimum absolute atomic E-state index is 0.0777. The average Bonchev–Trinajstić information content (AvgIpc) is 3.13. The summed E-state index contributed by atoms with van der Waals surface area (Å²) in [6, 6.07) is 17.5. The Morgan fingerprint density at radius 2 is 1.85 bits per heavy atom. The molecule has 0 bridgehead atoms. The molecule has 0 fully saturated rings. The fourth-order valence-electron chi connectivity index (χ4n) is 2.66. The molecule has 0 unspecified atom stereocenters. The Bertz CT molecular complexity index is 1080. The number of carbonyl (C=O) groups excluding carboxylic acids is 1. The highest BCUT2D eigenvalue weighted by molar-refractivity contribution is 8.00. The van der Waals surface area contributed by atoms with E-state index in [1.165, 1.54) is 18.1 Å². The first-order valence-electron chi connectivity index (χ1n) is 8.44. The lowest BCUT2D eigenvalue weighted by Crippen LogP contribution is -2.14. The molecular weight excluding hydrogens is 358 g/mol. The molecule has 6 nitrogen and oxygen atoms in total. The van der Waals surface area contributed by atoms with Crippen LogP contribution in [-0.2, 0) is 4.79 Å². The number of anilines is 1. The third-order valence-electron chi connectivity index (χ3n) is 4.01. The van der Waals surface area contributed by atoms with E-state index in [4.69, 9.17) is 0 Å². The Balaban J connectivity index is 1.50. The Morgan fingerprint density at radius 3 is 2.63 bits per heavy atom. The van der Waals surface area contributed by atoms with E-state index >= 15 is 0 Å². The van der Waals surface area contributed by atoms with Crippen molar-refractivity contribution in [2.45, 2.75) is 11.9 Å². The molecule has 2 aromatic heterocycles. The quantitative estimate of drug-likeness (QED) is 0.424. The van der Waals surface area contributed by atoms with E-state index in [0.717, 1.165) is 33.0 Å². The largest absolute Gasteiger partial charge is 0.325 e. The van der Waals surface area contributed by atoms with E-state index in [-0.39, 0.29) is 11.7 Å². The predicted octanol–water partition coefficient (Wildman–Crippen LogP) is 3.85. The van der Waals surface area contributed by atoms with Gasteiger partial charge in [0.05, 0.1) is 23.0 Å². The van der Waals surface area contributed by atoms with Gasteiger partial charge in [-0.1, -0.05) is 47.7 Å². The lowest BCUT2D eigenvalue weighted by molar-refractivity contribution is -0.113. The molecule has 0 saturated carbocycles. The predicted molar refractivity (Wildman–Crippen MR) is 107 cm³/mol. The topological polar surface area (TPSA) is 72.7 Å². The van der Waals surface area contributed by atoms with Crippen LogP contribution in [0.15, 0.2) is 72.1 Å². The maximum Gasteiger partial charge on any atom is 0.234 e. The Labute approximate surface area is 160 Å². The molecule has 1 N–H and O–H groups in total. The zero-order valence-electron chi connectivity index (χ0n) is 14.7. The third-order valence-corrected chi connectivity index (χ3v) is 5.01. The first-order chi connectivity index (χ1) is 13.2. The van der Waals surface area contributed by atoms with Gasteiger partial charge in [-0.05, 0) is 31.2 Å². The number of amides is 1. The third kappa shape index (κ3) is 3.83. The van der Waals surface area contributed by atoms with Crippen LogP contribution in [0.1, 0.15) is 5.56 Å². The van der Waals surface area contributed by atoms with E-state index in [1.54, 1.807) is 10.9 Å². The van der Waals surface area contributed by atoms with Crippen molar-refractivity contribution in [2.24, 2.45) is 0 Å². The van der Waals surface area contributed by atoms with Crippen molar-refractivity contribution >= 4 is 34.4 Å². The van der Waals surface area contributed by atoms with Gasteiger partial charge in [-0.2, -0.15) is 5.10 Å². The highest BCUT2D eigenvalue weighted by Gasteiger charge is 2.13. The number of thioether (sulfide) groups is 1. The van der Waals surface area contributed by atoms with Crippen molar-refractivity contribution in [1.82, 2.24) is 19.7 Å². The maximum absolute atomic E-state index is 12.2. The molecule has 134 valence electrons. The Hall–Kier alpha value is -3.19. The number of carbonyl (C=O) groups is 1. The molecule has 4 aromatic rings. The number of para-hydroxylation sites is 1. The summed E-state index contributed by atoms with van der Waals surface area (Å²) in [5.74, 6) is 0.183. The van der Waals surface area contributed by atoms with Crippen LogP contribution < -0.4 is 5.32 Å². The molecular formula is C20H17N5OS. The maximum atomic E-state index is 12.2. The summed E-state index contributed by atoms with van der Waals surface area (Å²) in [6.45, 7) is 2.01. The van der Waals surface area contributed by atoms with E-state index in [9.17, 15) is 4.79 Å². The lowest BCUT2D eigenvalue weighted by Gasteiger charge is -2.06. The molecule has 0 radical (unpaired) electrons. The van der Waals surface area contributed by atoms with Gasteiger partial charge in [-0.15, -0.1) is 0 Å². The van der Waals surface area contributed by atoms with Crippen LogP contribution in [0.3, 0.4) is 0 Å². The van der Waals surface area contributed by atoms with Crippen molar-refractivity contribution < 1.29 is 4.79 Å². The number of fused-ring (bicyclic) bond motifs is 1. The van der Waals surface area contributed by atoms with Crippen molar-refractivity contribution in [3.8, 4) is 5.69 Å². The summed E-state index contributed by atoms with van der Waals surface area (Å²) in [4.78, 5) is 20.9. The fraction of sp³-hybridized carbons (Fsp3) is 0.100. The number of nitrogens with one attached hydrogen (secondary N) is 1. The van der Waals surface area contributed by atoms with Gasteiger partial charge in [0, 0.05) is 5.69 Å². The van der Waals surface area contributed by atoms with Crippen molar-refractivity contribution in [1.29, 1.82) is 0 Å². The lowest BCUT2D eigenvalue weighted by atomic mass is 10.2. The SMILES string of the molecule is Cc1ccc(NC(=O)CSc2ncnc3c2cnn3-c2ccccc2)cc1. The summed E-state index contributed by atoms with van der Waals surface area (Å²) in [7, 11) is 0. The van der Waals surface area contributed by atoms with E-state index in [1.807, 2.05) is 61.5 Å². The number of aryl methyl sites for hydroxylation is 1. The number of nitrogens with zero attached hydrogens (tertiary/aromatic N) is 4. The molecule has 2 aromatic carbocycles. The van der Waals surface area contributed by atoms with Crippen LogP contribution in [0.5, 0.6) is 0 Å². The molecule has 2 heterocycles. The summed E-state index contributed by atoms with van der Waals surface area (Å²) < 4.78 is 1.77. The molecule has 0 aliphatic carbocycles. The van der Waals surface area contributed by atoms with Crippen LogP contribution in [0.4, 0.5) is 5.69 Å². The number of rotatable bonds is 5. The normalized spacial score (nSPS) is 10.9. The fourth-order valence-corrected chi connectivity index (χ4v) is 3.42. The van der Waals surface area contributed by atoms with Crippen LogP contribution in [0.25, 0.3) is 16.7 Å². The molecule has 27 heavy (non-hydrogen) atoms. The molecule has 4 rings (SSSR count). The molecule has 0 atom stereocenters. The number of aromatic nitrogens is 4. The van der Waals surface area contributed by atoms with Crippen molar-refractivity contribution in [3.05, 3.63) is 72.7 Å². The standard InChI is InChI=1S/C20H17N5OS/c1-14-7-9-15(10-8-14)24-18(26)12-27-20-17-11-23-25(19(17)21-13-22-20)16-5-3-2-4-6-16/h2-11,13H,12H2,1H3,(H,24,26). The monoisotopic (exact) mass is 375 g/mol. The van der Waals surface area contributed by atoms with Gasteiger partial charge >= 0.3 is 0 Å². The first-order valence-corrected chi connectivity index (χ1v) is 9.43. The highest BCUT2D eigenvalue weighted by Crippen LogP contribution is 2.25. The number of benzene rings is 2. The van der Waals surface area contributed by atoms with Crippen molar-refractivity contribution in [2.75, 3.05) is 11.1 Å². The van der Waals surface area contributed by atoms with Gasteiger partial charge in [-0.3, -0.25) is 4.79 Å². The smallest absolute Gasteiger partial charge is 0.234 e. The number of hydrogen-bond acceptors (Lipinski definition) is 5. The second-order valence-electron chi connectivity index (χ2n) is 6.01. The van der Waals surface area contributed by atoms with E-state index < -0.39 is 0 Å². The summed E-state index contributed by atoms with van der Waals surface area (Å²) in [5, 5.41) is 8.89.